The zero-order chi connectivity index (χ0) is 36.7. The Morgan fingerprint density at radius 2 is 1.74 bits per heavy atom. The van der Waals surface area contributed by atoms with Gasteiger partial charge in [-0.15, -0.1) is 17.1 Å². The highest BCUT2D eigenvalue weighted by Crippen LogP contribution is 2.44. The van der Waals surface area contributed by atoms with Gasteiger partial charge in [0, 0.05) is 67.1 Å². The van der Waals surface area contributed by atoms with Crippen molar-refractivity contribution in [1.82, 2.24) is 15.0 Å². The molecule has 0 radical (unpaired) electrons. The Labute approximate surface area is 311 Å². The molecule has 8 rings (SSSR count). The number of rotatable bonds is 7. The minimum atomic E-state index is -0.478. The zero-order valence-electron chi connectivity index (χ0n) is 29.5. The summed E-state index contributed by atoms with van der Waals surface area (Å²) in [4.78, 5) is 47.2. The van der Waals surface area contributed by atoms with E-state index in [4.69, 9.17) is 14.7 Å². The largest absolute Gasteiger partial charge is 0.381 e. The van der Waals surface area contributed by atoms with Crippen LogP contribution >= 0.6 is 11.3 Å². The smallest absolute Gasteiger partial charge is 0.259 e. The van der Waals surface area contributed by atoms with Crippen LogP contribution in [0.4, 0.5) is 27.4 Å². The molecule has 1 aromatic carbocycles. The first-order valence-electron chi connectivity index (χ1n) is 17.6. The lowest BCUT2D eigenvalue weighted by atomic mass is 9.73. The number of pyridine rings is 3. The van der Waals surface area contributed by atoms with E-state index in [1.165, 1.54) is 29.7 Å². The minimum absolute atomic E-state index is 0.0890. The molecule has 4 aromatic heterocycles. The summed E-state index contributed by atoms with van der Waals surface area (Å²) in [5.41, 5.74) is 9.31. The van der Waals surface area contributed by atoms with Gasteiger partial charge in [-0.2, -0.15) is 0 Å². The number of hydrogen-bond acceptors (Lipinski definition) is 9. The number of hydrogen-bond donors (Lipinski definition) is 2. The average molecular weight is 728 g/mol. The maximum absolute atomic E-state index is 14.4. The fraction of sp³-hybridized carbons (Fsp3) is 0.268. The lowest BCUT2D eigenvalue weighted by Crippen LogP contribution is -2.59. The van der Waals surface area contributed by atoms with Crippen LogP contribution in [0.2, 0.25) is 0 Å². The quantitative estimate of drug-likeness (QED) is 0.164. The lowest BCUT2D eigenvalue weighted by Gasteiger charge is -2.53. The van der Waals surface area contributed by atoms with E-state index < -0.39 is 5.82 Å². The van der Waals surface area contributed by atoms with E-state index in [-0.39, 0.29) is 23.0 Å². The molecule has 3 aliphatic heterocycles. The van der Waals surface area contributed by atoms with Gasteiger partial charge < -0.3 is 25.2 Å². The molecule has 5 aromatic rings. The van der Waals surface area contributed by atoms with Gasteiger partial charge in [0.25, 0.3) is 11.8 Å². The van der Waals surface area contributed by atoms with Gasteiger partial charge in [-0.05, 0) is 105 Å². The summed E-state index contributed by atoms with van der Waals surface area (Å²) >= 11 is 1.48. The third-order valence-corrected chi connectivity index (χ3v) is 11.4. The van der Waals surface area contributed by atoms with Crippen molar-refractivity contribution < 1.29 is 18.7 Å². The first-order chi connectivity index (χ1) is 25.7. The maximum Gasteiger partial charge on any atom is 0.259 e. The van der Waals surface area contributed by atoms with E-state index in [9.17, 15) is 14.0 Å². The van der Waals surface area contributed by atoms with Gasteiger partial charge in [0.15, 0.2) is 11.6 Å². The normalized spacial score (nSPS) is 15.8. The third-order valence-electron chi connectivity index (χ3n) is 10.2. The van der Waals surface area contributed by atoms with Crippen molar-refractivity contribution in [3.8, 4) is 10.6 Å². The van der Waals surface area contributed by atoms with E-state index in [0.717, 1.165) is 65.9 Å². The number of carbonyl (C=O) groups is 2. The summed E-state index contributed by atoms with van der Waals surface area (Å²) in [6.07, 6.45) is 4.14. The molecule has 2 saturated heterocycles. The number of fused-ring (bicyclic) bond motifs is 3. The summed E-state index contributed by atoms with van der Waals surface area (Å²) in [7, 11) is 0. The van der Waals surface area contributed by atoms with E-state index >= 15 is 0 Å². The van der Waals surface area contributed by atoms with Crippen LogP contribution in [0.3, 0.4) is 0 Å². The van der Waals surface area contributed by atoms with Crippen LogP contribution in [0.5, 0.6) is 0 Å². The van der Waals surface area contributed by atoms with Crippen molar-refractivity contribution in [2.45, 2.75) is 33.1 Å². The molecule has 0 bridgehead atoms. The van der Waals surface area contributed by atoms with Gasteiger partial charge in [0.2, 0.25) is 0 Å². The Hall–Kier alpha value is -5.68. The Bertz CT molecular complexity index is 2290. The standard InChI is InChI=1S/C41H38FN7O3S/c1-4-32(47-37-31(42)6-5-18-43-37)34-22-28-15-19-49(33-14-8-25(2)44-35(33)36(28)53-34)40(51)27-9-11-29(12-10-27)46-39(50)30-13-7-26(3)45-38(30)48-23-41(24-48)16-20-52-21-17-41/h5-14,18,22H,1,15-17,19-21,23-24H2,2-3H3,(H,43,47)(H,46,50). The van der Waals surface area contributed by atoms with Gasteiger partial charge in [-0.3, -0.25) is 14.6 Å². The first-order valence-corrected chi connectivity index (χ1v) is 18.4. The van der Waals surface area contributed by atoms with Crippen molar-refractivity contribution in [1.29, 1.82) is 0 Å². The molecule has 12 heteroatoms. The number of amides is 2. The highest BCUT2D eigenvalue weighted by atomic mass is 32.1. The maximum atomic E-state index is 14.4. The average Bonchev–Trinajstić information content (AvgIpc) is 3.52. The summed E-state index contributed by atoms with van der Waals surface area (Å²) in [5, 5.41) is 6.04. The fourth-order valence-corrected chi connectivity index (χ4v) is 8.46. The number of thiophene rings is 1. The fourth-order valence-electron chi connectivity index (χ4n) is 7.27. The van der Waals surface area contributed by atoms with Crippen molar-refractivity contribution in [2.75, 3.05) is 53.3 Å². The van der Waals surface area contributed by atoms with E-state index in [1.54, 1.807) is 29.2 Å². The lowest BCUT2D eigenvalue weighted by molar-refractivity contribution is -0.000518. The molecule has 0 atom stereocenters. The number of aromatic nitrogens is 3. The van der Waals surface area contributed by atoms with Gasteiger partial charge in [0.05, 0.1) is 26.7 Å². The number of anilines is 4. The van der Waals surface area contributed by atoms with Crippen LogP contribution in [0.1, 0.15) is 55.4 Å². The molecule has 3 aliphatic rings. The van der Waals surface area contributed by atoms with Crippen LogP contribution in [-0.2, 0) is 11.2 Å². The number of halogens is 1. The molecule has 10 nitrogen and oxygen atoms in total. The minimum Gasteiger partial charge on any atom is -0.381 e. The monoisotopic (exact) mass is 727 g/mol. The Morgan fingerprint density at radius 3 is 2.49 bits per heavy atom. The van der Waals surface area contributed by atoms with Crippen LogP contribution in [0.15, 0.2) is 85.2 Å². The second-order valence-electron chi connectivity index (χ2n) is 13.8. The van der Waals surface area contributed by atoms with Crippen LogP contribution in [0, 0.1) is 25.1 Å². The molecular formula is C41H38FN7O3S. The molecule has 7 heterocycles. The predicted molar refractivity (Wildman–Crippen MR) is 206 cm³/mol. The Morgan fingerprint density at radius 1 is 0.981 bits per heavy atom. The second-order valence-corrected chi connectivity index (χ2v) is 14.9. The molecular weight excluding hydrogens is 690 g/mol. The summed E-state index contributed by atoms with van der Waals surface area (Å²) in [6.45, 7) is 11.4. The van der Waals surface area contributed by atoms with Crippen molar-refractivity contribution in [2.24, 2.45) is 5.41 Å². The van der Waals surface area contributed by atoms with Gasteiger partial charge in [-0.1, -0.05) is 6.58 Å². The molecule has 2 amide bonds. The number of nitrogens with zero attached hydrogens (tertiary/aromatic N) is 5. The van der Waals surface area contributed by atoms with E-state index in [2.05, 4.69) is 32.8 Å². The number of aryl methyl sites for hydroxylation is 2. The first kappa shape index (κ1) is 34.4. The summed E-state index contributed by atoms with van der Waals surface area (Å²) in [6, 6.07) is 19.4. The Kier molecular flexibility index (Phi) is 9.11. The van der Waals surface area contributed by atoms with E-state index in [0.29, 0.717) is 52.7 Å². The Balaban J connectivity index is 0.997. The van der Waals surface area contributed by atoms with Gasteiger partial charge in [-0.25, -0.2) is 14.4 Å². The molecule has 0 unspecified atom stereocenters. The van der Waals surface area contributed by atoms with Gasteiger partial charge >= 0.3 is 0 Å². The number of nitrogens with one attached hydrogen (secondary N) is 2. The molecule has 268 valence electrons. The predicted octanol–water partition coefficient (Wildman–Crippen LogP) is 7.67. The second kappa shape index (κ2) is 14.0. The molecule has 2 N–H and O–H groups in total. The molecule has 2 fully saturated rings. The third kappa shape index (κ3) is 6.72. The molecule has 1 spiro atoms. The number of ether oxygens (including phenoxy) is 1. The van der Waals surface area contributed by atoms with Gasteiger partial charge in [0.1, 0.15) is 11.5 Å². The summed E-state index contributed by atoms with van der Waals surface area (Å²) < 4.78 is 20.0. The number of carbonyl (C=O) groups excluding carboxylic acids is 2. The van der Waals surface area contributed by atoms with Crippen molar-refractivity contribution in [3.63, 3.8) is 0 Å². The molecule has 0 saturated carbocycles. The van der Waals surface area contributed by atoms with E-state index in [1.807, 2.05) is 44.2 Å². The molecule has 0 aliphatic carbocycles. The summed E-state index contributed by atoms with van der Waals surface area (Å²) in [5.74, 6) is -0.109. The van der Waals surface area contributed by atoms with Crippen molar-refractivity contribution >= 4 is 51.9 Å². The van der Waals surface area contributed by atoms with Crippen LogP contribution in [-0.4, -0.2) is 59.6 Å². The highest BCUT2D eigenvalue weighted by Gasteiger charge is 2.45. The van der Waals surface area contributed by atoms with Crippen molar-refractivity contribution in [3.05, 3.63) is 124 Å². The zero-order valence-corrected chi connectivity index (χ0v) is 30.4. The SMILES string of the molecule is C=C=C(Nc1ncccc1F)c1cc2c(s1)-c1nc(C)ccc1N(C(=O)c1ccc(NC(=O)c3ccc(C)nc3N3CC4(CCOCC4)C3)cc1)CC2. The topological polar surface area (TPSA) is 113 Å². The molecule has 53 heavy (non-hydrogen) atoms. The highest BCUT2D eigenvalue weighted by molar-refractivity contribution is 7.16. The van der Waals surface area contributed by atoms with Crippen LogP contribution < -0.4 is 20.4 Å². The number of benzene rings is 1. The van der Waals surface area contributed by atoms with Crippen LogP contribution in [0.25, 0.3) is 16.3 Å².